The Morgan fingerprint density at radius 1 is 0.925 bits per heavy atom. The van der Waals surface area contributed by atoms with Crippen LogP contribution in [-0.4, -0.2) is 33.9 Å². The standard InChI is InChI=1S/C20H20N4.C9H18.C2H4O.C2H6.CH2O/c1-14-19(18-11-21-22-12-18)6-7-20(23-14)16-5-3-4-15(10-16)17-8-9-24(2)13-17;1-9-7-5-3-2-4-6-8-9;1-2-3;2*1-2/h3-14,23H,1-2H3,(H,21,22);9H,2-8H2,1H3;2H,1H3;1-2H3;1H2. The Morgan fingerprint density at radius 2 is 1.55 bits per heavy atom. The van der Waals surface area contributed by atoms with Gasteiger partial charge in [-0.25, -0.2) is 0 Å². The molecule has 1 aromatic carbocycles. The number of hydrogen-bond acceptors (Lipinski definition) is 4. The van der Waals surface area contributed by atoms with Crippen molar-refractivity contribution in [3.63, 3.8) is 0 Å². The lowest BCUT2D eigenvalue weighted by Crippen LogP contribution is -2.28. The molecule has 1 fully saturated rings. The van der Waals surface area contributed by atoms with Crippen molar-refractivity contribution >= 4 is 24.3 Å². The van der Waals surface area contributed by atoms with Crippen molar-refractivity contribution < 1.29 is 9.59 Å². The molecule has 1 atom stereocenters. The predicted molar refractivity (Wildman–Crippen MR) is 170 cm³/mol. The van der Waals surface area contributed by atoms with Crippen LogP contribution in [0.3, 0.4) is 0 Å². The summed E-state index contributed by atoms with van der Waals surface area (Å²) in [4.78, 5) is 16.8. The van der Waals surface area contributed by atoms with Gasteiger partial charge >= 0.3 is 0 Å². The maximum atomic E-state index is 8.81. The maximum absolute atomic E-state index is 8.81. The van der Waals surface area contributed by atoms with Gasteiger partial charge in [0.05, 0.1) is 6.20 Å². The highest BCUT2D eigenvalue weighted by molar-refractivity contribution is 5.80. The van der Waals surface area contributed by atoms with Crippen LogP contribution < -0.4 is 5.32 Å². The van der Waals surface area contributed by atoms with Crippen molar-refractivity contribution in [2.24, 2.45) is 13.0 Å². The first kappa shape index (κ1) is 34.4. The molecule has 218 valence electrons. The lowest BCUT2D eigenvalue weighted by molar-refractivity contribution is -0.106. The molecule has 0 bridgehead atoms. The molecule has 1 saturated carbocycles. The number of nitrogens with zero attached hydrogens (tertiary/aromatic N) is 2. The van der Waals surface area contributed by atoms with Crippen LogP contribution in [0.25, 0.3) is 22.4 Å². The van der Waals surface area contributed by atoms with E-state index in [4.69, 9.17) is 9.59 Å². The van der Waals surface area contributed by atoms with Gasteiger partial charge in [-0.2, -0.15) is 5.10 Å². The van der Waals surface area contributed by atoms with E-state index in [1.165, 1.54) is 74.1 Å². The van der Waals surface area contributed by atoms with E-state index in [1.807, 2.05) is 40.1 Å². The summed E-state index contributed by atoms with van der Waals surface area (Å²) in [6.45, 7) is 12.0. The predicted octanol–water partition coefficient (Wildman–Crippen LogP) is 8.24. The second-order valence-electron chi connectivity index (χ2n) is 9.89. The molecule has 0 amide bonds. The molecule has 1 aliphatic heterocycles. The number of H-pyrrole nitrogens is 1. The van der Waals surface area contributed by atoms with Crippen LogP contribution in [0.15, 0.2) is 67.3 Å². The quantitative estimate of drug-likeness (QED) is 0.324. The Kier molecular flexibility index (Phi) is 17.4. The monoisotopic (exact) mass is 546 g/mol. The number of nitrogens with one attached hydrogen (secondary N) is 2. The average molecular weight is 547 g/mol. The molecule has 3 heterocycles. The van der Waals surface area contributed by atoms with Crippen molar-refractivity contribution in [2.75, 3.05) is 0 Å². The zero-order valence-corrected chi connectivity index (χ0v) is 25.5. The first-order chi connectivity index (χ1) is 19.5. The summed E-state index contributed by atoms with van der Waals surface area (Å²) in [5.74, 6) is 1.02. The summed E-state index contributed by atoms with van der Waals surface area (Å²) in [6.07, 6.45) is 23.5. The molecule has 1 unspecified atom stereocenters. The van der Waals surface area contributed by atoms with Crippen molar-refractivity contribution in [3.05, 3.63) is 78.4 Å². The summed E-state index contributed by atoms with van der Waals surface area (Å²) < 4.78 is 2.07. The molecule has 3 aromatic rings. The van der Waals surface area contributed by atoms with Gasteiger partial charge in [0, 0.05) is 42.9 Å². The first-order valence-corrected chi connectivity index (χ1v) is 14.6. The number of aldehydes is 1. The van der Waals surface area contributed by atoms with Crippen molar-refractivity contribution in [1.82, 2.24) is 20.1 Å². The Labute approximate surface area is 242 Å². The molecule has 0 radical (unpaired) electrons. The Bertz CT molecular complexity index is 1140. The number of aromatic nitrogens is 3. The van der Waals surface area contributed by atoms with Crippen LogP contribution in [0, 0.1) is 5.92 Å². The summed E-state index contributed by atoms with van der Waals surface area (Å²) in [7, 11) is 2.04. The van der Waals surface area contributed by atoms with E-state index in [9.17, 15) is 0 Å². The Hall–Kier alpha value is -3.67. The smallest absolute Gasteiger partial charge is 0.116 e. The lowest BCUT2D eigenvalue weighted by Gasteiger charge is -2.24. The third-order valence-corrected chi connectivity index (χ3v) is 6.83. The number of carbonyl (C=O) groups is 2. The van der Waals surface area contributed by atoms with Crippen LogP contribution in [-0.2, 0) is 16.6 Å². The van der Waals surface area contributed by atoms with Gasteiger partial charge in [0.2, 0.25) is 0 Å². The topological polar surface area (TPSA) is 79.8 Å². The van der Waals surface area contributed by atoms with E-state index in [0.29, 0.717) is 0 Å². The summed E-state index contributed by atoms with van der Waals surface area (Å²) >= 11 is 0. The number of allylic oxidation sites excluding steroid dienone is 2. The number of benzene rings is 1. The third-order valence-electron chi connectivity index (χ3n) is 6.83. The first-order valence-electron chi connectivity index (χ1n) is 14.6. The third kappa shape index (κ3) is 11.6. The molecular weight excluding hydrogens is 496 g/mol. The van der Waals surface area contributed by atoms with Gasteiger partial charge in [0.15, 0.2) is 0 Å². The van der Waals surface area contributed by atoms with Crippen LogP contribution in [0.2, 0.25) is 0 Å². The Balaban J connectivity index is 0.000000417. The summed E-state index contributed by atoms with van der Waals surface area (Å²) in [5, 5.41) is 10.5. The van der Waals surface area contributed by atoms with Gasteiger partial charge in [-0.3, -0.25) is 5.10 Å². The van der Waals surface area contributed by atoms with Gasteiger partial charge < -0.3 is 19.5 Å². The SMILES string of the molecule is C=O.CC.CC1CCCCCCC1.CC1NC(c2cccc(-c3ccn(C)c3)c2)=CC=C1c1cn[nH]c1.CC=O. The molecule has 0 saturated heterocycles. The van der Waals surface area contributed by atoms with E-state index >= 15 is 0 Å². The van der Waals surface area contributed by atoms with E-state index in [2.05, 4.69) is 88.8 Å². The molecule has 0 spiro atoms. The largest absolute Gasteiger partial charge is 0.378 e. The van der Waals surface area contributed by atoms with Gasteiger partial charge in [-0.05, 0) is 60.2 Å². The summed E-state index contributed by atoms with van der Waals surface area (Å²) in [5.41, 5.74) is 7.18. The van der Waals surface area contributed by atoms with E-state index in [-0.39, 0.29) is 6.04 Å². The van der Waals surface area contributed by atoms with Gasteiger partial charge in [0.1, 0.15) is 13.1 Å². The average Bonchev–Trinajstić information content (AvgIpc) is 3.66. The normalized spacial score (nSPS) is 16.5. The van der Waals surface area contributed by atoms with Crippen molar-refractivity contribution in [1.29, 1.82) is 0 Å². The zero-order valence-electron chi connectivity index (χ0n) is 25.5. The number of dihydropyridines is 1. The fraction of sp³-hybridized carbons (Fsp3) is 0.441. The van der Waals surface area contributed by atoms with E-state index < -0.39 is 0 Å². The van der Waals surface area contributed by atoms with Crippen LogP contribution >= 0.6 is 0 Å². The molecule has 1 aliphatic carbocycles. The number of aryl methyl sites for hydroxylation is 1. The zero-order chi connectivity index (χ0) is 29.8. The molecule has 6 heteroatoms. The highest BCUT2D eigenvalue weighted by Gasteiger charge is 2.17. The molecule has 5 rings (SSSR count). The number of carbonyl (C=O) groups excluding carboxylic acids is 2. The minimum Gasteiger partial charge on any atom is -0.378 e. The molecule has 2 aromatic heterocycles. The molecule has 2 N–H and O–H groups in total. The molecule has 2 aliphatic rings. The highest BCUT2D eigenvalue weighted by atomic mass is 16.1. The minimum absolute atomic E-state index is 0.239. The summed E-state index contributed by atoms with van der Waals surface area (Å²) in [6, 6.07) is 11.0. The van der Waals surface area contributed by atoms with Gasteiger partial charge in [-0.1, -0.05) is 90.0 Å². The van der Waals surface area contributed by atoms with Gasteiger partial charge in [-0.15, -0.1) is 0 Å². The molecular formula is C34H50N4O2. The highest BCUT2D eigenvalue weighted by Crippen LogP contribution is 2.28. The number of hydrogen-bond donors (Lipinski definition) is 2. The van der Waals surface area contributed by atoms with Crippen molar-refractivity contribution in [2.45, 2.75) is 85.6 Å². The van der Waals surface area contributed by atoms with Crippen LogP contribution in [0.1, 0.15) is 90.7 Å². The van der Waals surface area contributed by atoms with Gasteiger partial charge in [0.25, 0.3) is 0 Å². The Morgan fingerprint density at radius 3 is 2.10 bits per heavy atom. The second kappa shape index (κ2) is 20.3. The van der Waals surface area contributed by atoms with Crippen LogP contribution in [0.4, 0.5) is 0 Å². The fourth-order valence-corrected chi connectivity index (χ4v) is 4.81. The number of rotatable bonds is 3. The molecule has 6 nitrogen and oxygen atoms in total. The minimum atomic E-state index is 0.239. The van der Waals surface area contributed by atoms with Crippen molar-refractivity contribution in [3.8, 4) is 11.1 Å². The lowest BCUT2D eigenvalue weighted by atomic mass is 9.93. The fourth-order valence-electron chi connectivity index (χ4n) is 4.81. The number of aromatic amines is 1. The van der Waals surface area contributed by atoms with E-state index in [0.717, 1.165) is 23.5 Å². The molecule has 40 heavy (non-hydrogen) atoms. The maximum Gasteiger partial charge on any atom is 0.116 e. The second-order valence-corrected chi connectivity index (χ2v) is 9.89. The van der Waals surface area contributed by atoms with E-state index in [1.54, 1.807) is 0 Å². The van der Waals surface area contributed by atoms with Crippen LogP contribution in [0.5, 0.6) is 0 Å².